The lowest BCUT2D eigenvalue weighted by Crippen LogP contribution is -2.42. The number of nitrogens with one attached hydrogen (secondary N) is 1. The Balaban J connectivity index is 1.50. The maximum absolute atomic E-state index is 12.1. The Labute approximate surface area is 155 Å². The van der Waals surface area contributed by atoms with Crippen LogP contribution >= 0.6 is 0 Å². The van der Waals surface area contributed by atoms with Crippen LogP contribution in [0.25, 0.3) is 0 Å². The third-order valence-corrected chi connectivity index (χ3v) is 4.67. The van der Waals surface area contributed by atoms with Crippen molar-refractivity contribution in [1.29, 1.82) is 0 Å². The van der Waals surface area contributed by atoms with E-state index in [9.17, 15) is 4.79 Å². The molecule has 3 rings (SSSR count). The zero-order valence-corrected chi connectivity index (χ0v) is 15.4. The number of pyridine rings is 1. The van der Waals surface area contributed by atoms with Crippen LogP contribution in [0.15, 0.2) is 48.7 Å². The SMILES string of the molecule is CCNC(=O)C1CCCN(Cc2ccc(OCc3ccccn3)cc2)C1. The Kier molecular flexibility index (Phi) is 6.61. The number of nitrogens with zero attached hydrogens (tertiary/aromatic N) is 2. The molecule has 2 aromatic rings. The number of hydrogen-bond donors (Lipinski definition) is 1. The molecule has 1 aromatic heterocycles. The Bertz CT molecular complexity index is 688. The van der Waals surface area contributed by atoms with Crippen LogP contribution in [0.1, 0.15) is 31.0 Å². The summed E-state index contributed by atoms with van der Waals surface area (Å²) in [7, 11) is 0. The minimum absolute atomic E-state index is 0.115. The van der Waals surface area contributed by atoms with Crippen LogP contribution in [-0.4, -0.2) is 35.4 Å². The number of amides is 1. The molecule has 1 N–H and O–H groups in total. The van der Waals surface area contributed by atoms with Gasteiger partial charge >= 0.3 is 0 Å². The number of carbonyl (C=O) groups is 1. The van der Waals surface area contributed by atoms with Crippen molar-refractivity contribution >= 4 is 5.91 Å². The van der Waals surface area contributed by atoms with Crippen molar-refractivity contribution < 1.29 is 9.53 Å². The van der Waals surface area contributed by atoms with Crippen LogP contribution in [0, 0.1) is 5.92 Å². The van der Waals surface area contributed by atoms with Gasteiger partial charge in [-0.05, 0) is 56.1 Å². The van der Waals surface area contributed by atoms with Crippen molar-refractivity contribution in [3.05, 3.63) is 59.9 Å². The Hall–Kier alpha value is -2.40. The van der Waals surface area contributed by atoms with Crippen molar-refractivity contribution in [2.24, 2.45) is 5.92 Å². The number of benzene rings is 1. The fraction of sp³-hybridized carbons (Fsp3) is 0.429. The first-order valence-electron chi connectivity index (χ1n) is 9.36. The second-order valence-electron chi connectivity index (χ2n) is 6.72. The Morgan fingerprint density at radius 1 is 1.27 bits per heavy atom. The van der Waals surface area contributed by atoms with Gasteiger partial charge in [-0.2, -0.15) is 0 Å². The van der Waals surface area contributed by atoms with Gasteiger partial charge in [-0.15, -0.1) is 0 Å². The number of piperidine rings is 1. The number of ether oxygens (including phenoxy) is 1. The van der Waals surface area contributed by atoms with E-state index >= 15 is 0 Å². The Morgan fingerprint density at radius 2 is 2.12 bits per heavy atom. The van der Waals surface area contributed by atoms with Crippen molar-refractivity contribution in [2.45, 2.75) is 32.9 Å². The third kappa shape index (κ3) is 5.30. The first-order chi connectivity index (χ1) is 12.7. The summed E-state index contributed by atoms with van der Waals surface area (Å²) in [6.07, 6.45) is 3.84. The zero-order valence-electron chi connectivity index (χ0n) is 15.4. The number of carbonyl (C=O) groups excluding carboxylic acids is 1. The molecular formula is C21H27N3O2. The monoisotopic (exact) mass is 353 g/mol. The molecule has 5 nitrogen and oxygen atoms in total. The topological polar surface area (TPSA) is 54.5 Å². The maximum Gasteiger partial charge on any atom is 0.224 e. The normalized spacial score (nSPS) is 17.7. The van der Waals surface area contributed by atoms with Gasteiger partial charge in [-0.25, -0.2) is 0 Å². The van der Waals surface area contributed by atoms with Crippen molar-refractivity contribution in [2.75, 3.05) is 19.6 Å². The van der Waals surface area contributed by atoms with E-state index in [0.717, 1.165) is 43.9 Å². The minimum atomic E-state index is 0.115. The molecule has 0 bridgehead atoms. The van der Waals surface area contributed by atoms with Gasteiger partial charge in [-0.3, -0.25) is 14.7 Å². The molecule has 5 heteroatoms. The summed E-state index contributed by atoms with van der Waals surface area (Å²) in [5.74, 6) is 1.15. The second kappa shape index (κ2) is 9.34. The molecule has 138 valence electrons. The molecule has 1 atom stereocenters. The van der Waals surface area contributed by atoms with Gasteiger partial charge in [0.15, 0.2) is 0 Å². The molecule has 1 aliphatic rings. The van der Waals surface area contributed by atoms with Crippen LogP contribution in [-0.2, 0) is 17.9 Å². The first-order valence-corrected chi connectivity index (χ1v) is 9.36. The zero-order chi connectivity index (χ0) is 18.2. The summed E-state index contributed by atoms with van der Waals surface area (Å²) in [5.41, 5.74) is 2.16. The highest BCUT2D eigenvalue weighted by Crippen LogP contribution is 2.20. The summed E-state index contributed by atoms with van der Waals surface area (Å²) >= 11 is 0. The third-order valence-electron chi connectivity index (χ3n) is 4.67. The number of likely N-dealkylation sites (tertiary alicyclic amines) is 1. The standard InChI is InChI=1S/C21H27N3O2/c1-2-22-21(25)18-6-5-13-24(15-18)14-17-8-10-20(11-9-17)26-16-19-7-3-4-12-23-19/h3-4,7-12,18H,2,5-6,13-16H2,1H3,(H,22,25). The summed E-state index contributed by atoms with van der Waals surface area (Å²) < 4.78 is 5.78. The molecule has 0 spiro atoms. The summed E-state index contributed by atoms with van der Waals surface area (Å²) in [6, 6.07) is 14.0. The van der Waals surface area contributed by atoms with Crippen LogP contribution in [0.4, 0.5) is 0 Å². The van der Waals surface area contributed by atoms with Gasteiger partial charge < -0.3 is 10.1 Å². The van der Waals surface area contributed by atoms with Gasteiger partial charge in [0, 0.05) is 25.8 Å². The lowest BCUT2D eigenvalue weighted by molar-refractivity contribution is -0.126. The molecular weight excluding hydrogens is 326 g/mol. The molecule has 0 aliphatic carbocycles. The van der Waals surface area contributed by atoms with Crippen LogP contribution in [0.2, 0.25) is 0 Å². The highest BCUT2D eigenvalue weighted by molar-refractivity contribution is 5.78. The largest absolute Gasteiger partial charge is 0.487 e. The highest BCUT2D eigenvalue weighted by Gasteiger charge is 2.25. The predicted octanol–water partition coefficient (Wildman–Crippen LogP) is 3.01. The lowest BCUT2D eigenvalue weighted by Gasteiger charge is -2.32. The molecule has 2 heterocycles. The van der Waals surface area contributed by atoms with Crippen LogP contribution in [0.3, 0.4) is 0 Å². The summed E-state index contributed by atoms with van der Waals surface area (Å²) in [4.78, 5) is 18.7. The van der Waals surface area contributed by atoms with Crippen LogP contribution < -0.4 is 10.1 Å². The van der Waals surface area contributed by atoms with Crippen LogP contribution in [0.5, 0.6) is 5.75 Å². The molecule has 1 amide bonds. The molecule has 26 heavy (non-hydrogen) atoms. The maximum atomic E-state index is 12.1. The molecule has 1 aromatic carbocycles. The lowest BCUT2D eigenvalue weighted by atomic mass is 9.96. The Morgan fingerprint density at radius 3 is 2.85 bits per heavy atom. The molecule has 0 radical (unpaired) electrons. The molecule has 1 unspecified atom stereocenters. The van der Waals surface area contributed by atoms with E-state index in [2.05, 4.69) is 27.3 Å². The molecule has 1 fully saturated rings. The van der Waals surface area contributed by atoms with E-state index in [0.29, 0.717) is 13.2 Å². The van der Waals surface area contributed by atoms with Crippen molar-refractivity contribution in [3.63, 3.8) is 0 Å². The van der Waals surface area contributed by atoms with Gasteiger partial charge in [0.25, 0.3) is 0 Å². The van der Waals surface area contributed by atoms with E-state index in [1.165, 1.54) is 5.56 Å². The number of aromatic nitrogens is 1. The quantitative estimate of drug-likeness (QED) is 0.831. The van der Waals surface area contributed by atoms with Crippen molar-refractivity contribution in [1.82, 2.24) is 15.2 Å². The first kappa shape index (κ1) is 18.4. The summed E-state index contributed by atoms with van der Waals surface area (Å²) in [5, 5.41) is 2.95. The van der Waals surface area contributed by atoms with E-state index in [4.69, 9.17) is 4.74 Å². The van der Waals surface area contributed by atoms with Gasteiger partial charge in [0.1, 0.15) is 12.4 Å². The number of rotatable bonds is 7. The fourth-order valence-corrected chi connectivity index (χ4v) is 3.32. The van der Waals surface area contributed by atoms with E-state index in [1.807, 2.05) is 37.3 Å². The van der Waals surface area contributed by atoms with Crippen molar-refractivity contribution in [3.8, 4) is 5.75 Å². The highest BCUT2D eigenvalue weighted by atomic mass is 16.5. The fourth-order valence-electron chi connectivity index (χ4n) is 3.32. The average molecular weight is 353 g/mol. The van der Waals surface area contributed by atoms with E-state index in [1.54, 1.807) is 6.20 Å². The molecule has 1 aliphatic heterocycles. The smallest absolute Gasteiger partial charge is 0.224 e. The van der Waals surface area contributed by atoms with Gasteiger partial charge in [0.2, 0.25) is 5.91 Å². The second-order valence-corrected chi connectivity index (χ2v) is 6.72. The molecule has 1 saturated heterocycles. The minimum Gasteiger partial charge on any atom is -0.487 e. The van der Waals surface area contributed by atoms with Gasteiger partial charge in [-0.1, -0.05) is 18.2 Å². The predicted molar refractivity (Wildman–Crippen MR) is 102 cm³/mol. The number of hydrogen-bond acceptors (Lipinski definition) is 4. The van der Waals surface area contributed by atoms with E-state index < -0.39 is 0 Å². The van der Waals surface area contributed by atoms with E-state index in [-0.39, 0.29) is 11.8 Å². The molecule has 0 saturated carbocycles. The van der Waals surface area contributed by atoms with Gasteiger partial charge in [0.05, 0.1) is 11.6 Å². The average Bonchev–Trinajstić information content (AvgIpc) is 2.69. The summed E-state index contributed by atoms with van der Waals surface area (Å²) in [6.45, 7) is 5.90.